The van der Waals surface area contributed by atoms with E-state index in [-0.39, 0.29) is 27.9 Å². The van der Waals surface area contributed by atoms with Gasteiger partial charge in [0.25, 0.3) is 17.7 Å². The molecule has 0 unspecified atom stereocenters. The number of nitrogens with zero attached hydrogens (tertiary/aromatic N) is 1. The van der Waals surface area contributed by atoms with E-state index in [2.05, 4.69) is 10.6 Å². The molecule has 3 aromatic rings. The largest absolute Gasteiger partial charge is 0.506 e. The SMILES string of the molecule is O=C(Nc1ccccc1O)c1ccc(NC2=C(Cl)C(=O)N(c3ccccc3F)C2=O)cc1. The summed E-state index contributed by atoms with van der Waals surface area (Å²) in [5.41, 5.74) is 0.536. The minimum Gasteiger partial charge on any atom is -0.506 e. The normalized spacial score (nSPS) is 13.5. The highest BCUT2D eigenvalue weighted by molar-refractivity contribution is 6.53. The van der Waals surface area contributed by atoms with E-state index in [1.807, 2.05) is 0 Å². The van der Waals surface area contributed by atoms with E-state index in [1.165, 1.54) is 48.5 Å². The van der Waals surface area contributed by atoms with Crippen molar-refractivity contribution in [2.45, 2.75) is 0 Å². The third kappa shape index (κ3) is 3.91. The van der Waals surface area contributed by atoms with Gasteiger partial charge in [0.15, 0.2) is 0 Å². The van der Waals surface area contributed by atoms with Crippen molar-refractivity contribution in [3.8, 4) is 5.75 Å². The third-order valence-corrected chi connectivity index (χ3v) is 5.04. The van der Waals surface area contributed by atoms with Gasteiger partial charge < -0.3 is 15.7 Å². The maximum Gasteiger partial charge on any atom is 0.283 e. The Kier molecular flexibility index (Phi) is 5.61. The second-order valence-corrected chi connectivity index (χ2v) is 7.14. The first-order valence-corrected chi connectivity index (χ1v) is 9.74. The van der Waals surface area contributed by atoms with E-state index >= 15 is 0 Å². The first-order chi connectivity index (χ1) is 15.4. The van der Waals surface area contributed by atoms with Crippen molar-refractivity contribution in [3.63, 3.8) is 0 Å². The van der Waals surface area contributed by atoms with Crippen LogP contribution in [-0.2, 0) is 9.59 Å². The highest BCUT2D eigenvalue weighted by Crippen LogP contribution is 2.31. The Morgan fingerprint density at radius 2 is 1.56 bits per heavy atom. The molecule has 0 saturated heterocycles. The molecule has 0 bridgehead atoms. The number of phenols is 1. The molecule has 1 heterocycles. The van der Waals surface area contributed by atoms with E-state index in [1.54, 1.807) is 18.2 Å². The molecule has 3 amide bonds. The Labute approximate surface area is 186 Å². The molecule has 0 atom stereocenters. The third-order valence-electron chi connectivity index (χ3n) is 4.69. The molecule has 0 spiro atoms. The van der Waals surface area contributed by atoms with Gasteiger partial charge >= 0.3 is 0 Å². The number of hydrogen-bond acceptors (Lipinski definition) is 5. The number of anilines is 3. The molecule has 160 valence electrons. The second-order valence-electron chi connectivity index (χ2n) is 6.76. The van der Waals surface area contributed by atoms with Gasteiger partial charge in [0.05, 0.1) is 11.4 Å². The summed E-state index contributed by atoms with van der Waals surface area (Å²) in [5, 5.41) is 14.7. The number of amides is 3. The summed E-state index contributed by atoms with van der Waals surface area (Å²) in [7, 11) is 0. The van der Waals surface area contributed by atoms with Crippen molar-refractivity contribution in [3.05, 3.63) is 94.9 Å². The molecule has 1 aliphatic heterocycles. The van der Waals surface area contributed by atoms with Crippen LogP contribution in [0.25, 0.3) is 0 Å². The highest BCUT2D eigenvalue weighted by Gasteiger charge is 2.40. The van der Waals surface area contributed by atoms with Crippen LogP contribution in [0.1, 0.15) is 10.4 Å². The Hall–Kier alpha value is -4.17. The molecular formula is C23H15ClFN3O4. The lowest BCUT2D eigenvalue weighted by molar-refractivity contribution is -0.120. The second kappa shape index (κ2) is 8.52. The molecule has 0 fully saturated rings. The predicted molar refractivity (Wildman–Crippen MR) is 118 cm³/mol. The van der Waals surface area contributed by atoms with E-state index in [0.29, 0.717) is 16.2 Å². The zero-order chi connectivity index (χ0) is 22.8. The van der Waals surface area contributed by atoms with Crippen LogP contribution < -0.4 is 15.5 Å². The van der Waals surface area contributed by atoms with E-state index in [9.17, 15) is 23.9 Å². The molecule has 0 radical (unpaired) electrons. The molecule has 0 aliphatic carbocycles. The van der Waals surface area contributed by atoms with Gasteiger partial charge in [0.2, 0.25) is 0 Å². The van der Waals surface area contributed by atoms with Crippen molar-refractivity contribution in [2.24, 2.45) is 0 Å². The van der Waals surface area contributed by atoms with Crippen molar-refractivity contribution in [1.29, 1.82) is 0 Å². The number of carbonyl (C=O) groups is 3. The quantitative estimate of drug-likeness (QED) is 0.398. The lowest BCUT2D eigenvalue weighted by Crippen LogP contribution is -2.33. The number of rotatable bonds is 5. The van der Waals surface area contributed by atoms with E-state index < -0.39 is 23.5 Å². The Balaban J connectivity index is 1.50. The fourth-order valence-electron chi connectivity index (χ4n) is 3.09. The van der Waals surface area contributed by atoms with E-state index in [0.717, 1.165) is 6.07 Å². The first kappa shape index (κ1) is 21.1. The number of imide groups is 1. The molecule has 3 aromatic carbocycles. The van der Waals surface area contributed by atoms with Crippen LogP contribution in [0.3, 0.4) is 0 Å². The average molecular weight is 452 g/mol. The summed E-state index contributed by atoms with van der Waals surface area (Å²) in [6.45, 7) is 0. The Bertz CT molecular complexity index is 1270. The molecule has 7 nitrogen and oxygen atoms in total. The number of aromatic hydroxyl groups is 1. The topological polar surface area (TPSA) is 98.7 Å². The molecule has 4 rings (SSSR count). The van der Waals surface area contributed by atoms with Gasteiger partial charge in [-0.1, -0.05) is 35.9 Å². The van der Waals surface area contributed by atoms with Crippen LogP contribution in [0.5, 0.6) is 5.75 Å². The lowest BCUT2D eigenvalue weighted by Gasteiger charge is -2.15. The molecule has 1 aliphatic rings. The molecule has 9 heteroatoms. The molecule has 0 aromatic heterocycles. The monoisotopic (exact) mass is 451 g/mol. The van der Waals surface area contributed by atoms with Crippen molar-refractivity contribution in [1.82, 2.24) is 0 Å². The predicted octanol–water partition coefficient (Wildman–Crippen LogP) is 4.22. The maximum atomic E-state index is 14.1. The smallest absolute Gasteiger partial charge is 0.283 e. The summed E-state index contributed by atoms with van der Waals surface area (Å²) in [4.78, 5) is 38.2. The van der Waals surface area contributed by atoms with Gasteiger partial charge in [-0.05, 0) is 48.5 Å². The van der Waals surface area contributed by atoms with Gasteiger partial charge in [-0.3, -0.25) is 14.4 Å². The number of phenolic OH excluding ortho intramolecular Hbond substituents is 1. The molecule has 3 N–H and O–H groups in total. The fourth-order valence-corrected chi connectivity index (χ4v) is 3.30. The van der Waals surface area contributed by atoms with Crippen molar-refractivity contribution in [2.75, 3.05) is 15.5 Å². The van der Waals surface area contributed by atoms with Crippen LogP contribution in [0.4, 0.5) is 21.5 Å². The van der Waals surface area contributed by atoms with Gasteiger partial charge in [0, 0.05) is 11.3 Å². The fraction of sp³-hybridized carbons (Fsp3) is 0. The van der Waals surface area contributed by atoms with Crippen molar-refractivity contribution < 1.29 is 23.9 Å². The minimum absolute atomic E-state index is 0.0652. The lowest BCUT2D eigenvalue weighted by atomic mass is 10.2. The minimum atomic E-state index is -0.845. The Morgan fingerprint density at radius 1 is 0.906 bits per heavy atom. The Morgan fingerprint density at radius 3 is 2.25 bits per heavy atom. The number of benzene rings is 3. The number of nitrogens with one attached hydrogen (secondary N) is 2. The summed E-state index contributed by atoms with van der Waals surface area (Å²) in [6.07, 6.45) is 0. The van der Waals surface area contributed by atoms with Gasteiger partial charge in [-0.15, -0.1) is 0 Å². The molecule has 32 heavy (non-hydrogen) atoms. The highest BCUT2D eigenvalue weighted by atomic mass is 35.5. The van der Waals surface area contributed by atoms with Crippen LogP contribution >= 0.6 is 11.6 Å². The average Bonchev–Trinajstić information content (AvgIpc) is 2.99. The van der Waals surface area contributed by atoms with E-state index in [4.69, 9.17) is 11.6 Å². The summed E-state index contributed by atoms with van der Waals surface area (Å²) in [6, 6.07) is 17.7. The van der Waals surface area contributed by atoms with Crippen LogP contribution in [0.15, 0.2) is 83.5 Å². The molecular weight excluding hydrogens is 437 g/mol. The van der Waals surface area contributed by atoms with Gasteiger partial charge in [-0.25, -0.2) is 9.29 Å². The number of para-hydroxylation sites is 3. The van der Waals surface area contributed by atoms with Crippen LogP contribution in [0.2, 0.25) is 0 Å². The van der Waals surface area contributed by atoms with Gasteiger partial charge in [0.1, 0.15) is 22.3 Å². The van der Waals surface area contributed by atoms with Gasteiger partial charge in [-0.2, -0.15) is 0 Å². The summed E-state index contributed by atoms with van der Waals surface area (Å²) >= 11 is 6.05. The van der Waals surface area contributed by atoms with Crippen LogP contribution in [0, 0.1) is 5.82 Å². The standard InChI is InChI=1S/C23H15ClFN3O4/c24-19-20(23(32)28(22(19)31)17-7-3-1-5-15(17)25)26-14-11-9-13(10-12-14)21(30)27-16-6-2-4-8-18(16)29/h1-12,26,29H,(H,27,30). The number of halogens is 2. The maximum absolute atomic E-state index is 14.1. The number of carbonyl (C=O) groups excluding carboxylic acids is 3. The summed E-state index contributed by atoms with van der Waals surface area (Å²) in [5.74, 6) is -2.90. The number of hydrogen-bond donors (Lipinski definition) is 3. The summed E-state index contributed by atoms with van der Waals surface area (Å²) < 4.78 is 14.1. The van der Waals surface area contributed by atoms with Crippen LogP contribution in [-0.4, -0.2) is 22.8 Å². The zero-order valence-electron chi connectivity index (χ0n) is 16.3. The molecule has 0 saturated carbocycles. The zero-order valence-corrected chi connectivity index (χ0v) is 17.1. The van der Waals surface area contributed by atoms with Crippen molar-refractivity contribution >= 4 is 46.4 Å². The first-order valence-electron chi connectivity index (χ1n) is 9.36.